The minimum atomic E-state index is -4.35. The first-order valence-corrected chi connectivity index (χ1v) is 16.5. The van der Waals surface area contributed by atoms with Crippen LogP contribution < -0.4 is 15.1 Å². The molecule has 0 saturated heterocycles. The van der Waals surface area contributed by atoms with Crippen molar-refractivity contribution in [3.8, 4) is 0 Å². The van der Waals surface area contributed by atoms with E-state index < -0.39 is 25.2 Å². The van der Waals surface area contributed by atoms with Crippen LogP contribution in [0.4, 0.5) is 43.4 Å². The minimum absolute atomic E-state index is 0.0418. The lowest BCUT2D eigenvalue weighted by atomic mass is 9.82. The van der Waals surface area contributed by atoms with Crippen molar-refractivity contribution in [1.29, 1.82) is 0 Å². The van der Waals surface area contributed by atoms with Crippen LogP contribution in [0.1, 0.15) is 69.1 Å². The Labute approximate surface area is 278 Å². The maximum Gasteiger partial charge on any atom is 0.389 e. The Morgan fingerprint density at radius 1 is 0.660 bits per heavy atom. The highest BCUT2D eigenvalue weighted by Crippen LogP contribution is 2.42. The van der Waals surface area contributed by atoms with E-state index in [-0.39, 0.29) is 31.8 Å². The van der Waals surface area contributed by atoms with Gasteiger partial charge in [0.2, 0.25) is 0 Å². The molecule has 0 aliphatic carbocycles. The van der Waals surface area contributed by atoms with Gasteiger partial charge < -0.3 is 15.1 Å². The third-order valence-corrected chi connectivity index (χ3v) is 8.76. The van der Waals surface area contributed by atoms with Gasteiger partial charge in [-0.25, -0.2) is 0 Å². The zero-order valence-electron chi connectivity index (χ0n) is 27.0. The number of benzene rings is 4. The van der Waals surface area contributed by atoms with E-state index in [2.05, 4.69) is 72.6 Å². The Balaban J connectivity index is 1.79. The standard InChI is InChI=1S/C37H42ClF6N3/c1-4-45-34-20-19-31(29-11-7-8-12-30(29)34)35(26-13-15-27(16-14-26)46(5-2)6-3)32-18-17-28(25-33(32)38)47(23-9-21-36(39,40)41)24-10-22-37(42,43)44/h7-8,11-20,25,35,45H,4-6,9-10,21-24H2,1-3H3. The number of alkyl halides is 6. The predicted molar refractivity (Wildman–Crippen MR) is 183 cm³/mol. The number of halogens is 7. The van der Waals surface area contributed by atoms with Crippen LogP contribution in [-0.2, 0) is 0 Å². The van der Waals surface area contributed by atoms with E-state index in [1.54, 1.807) is 17.0 Å². The monoisotopic (exact) mass is 677 g/mol. The molecule has 3 nitrogen and oxygen atoms in total. The molecule has 4 rings (SSSR count). The zero-order chi connectivity index (χ0) is 34.2. The van der Waals surface area contributed by atoms with Crippen LogP contribution in [0, 0.1) is 0 Å². The lowest BCUT2D eigenvalue weighted by Gasteiger charge is -2.28. The molecule has 1 atom stereocenters. The topological polar surface area (TPSA) is 18.5 Å². The van der Waals surface area contributed by atoms with E-state index in [0.29, 0.717) is 10.7 Å². The van der Waals surface area contributed by atoms with Crippen LogP contribution in [0.3, 0.4) is 0 Å². The number of hydrogen-bond donors (Lipinski definition) is 1. The molecule has 0 aromatic heterocycles. The van der Waals surface area contributed by atoms with Crippen molar-refractivity contribution in [3.05, 3.63) is 101 Å². The molecule has 254 valence electrons. The Morgan fingerprint density at radius 3 is 1.74 bits per heavy atom. The van der Waals surface area contributed by atoms with Gasteiger partial charge in [0.1, 0.15) is 0 Å². The van der Waals surface area contributed by atoms with Crippen LogP contribution in [0.2, 0.25) is 5.02 Å². The van der Waals surface area contributed by atoms with Gasteiger partial charge >= 0.3 is 12.4 Å². The maximum absolute atomic E-state index is 12.9. The van der Waals surface area contributed by atoms with Gasteiger partial charge in [-0.3, -0.25) is 0 Å². The molecular weight excluding hydrogens is 636 g/mol. The summed E-state index contributed by atoms with van der Waals surface area (Å²) in [7, 11) is 0. The Kier molecular flexibility index (Phi) is 12.3. The van der Waals surface area contributed by atoms with Crippen LogP contribution in [0.25, 0.3) is 10.8 Å². The van der Waals surface area contributed by atoms with E-state index in [1.807, 2.05) is 25.1 Å². The van der Waals surface area contributed by atoms with E-state index >= 15 is 0 Å². The van der Waals surface area contributed by atoms with Crippen molar-refractivity contribution >= 4 is 39.4 Å². The van der Waals surface area contributed by atoms with Gasteiger partial charge in [-0.2, -0.15) is 26.3 Å². The predicted octanol–water partition coefficient (Wildman–Crippen LogP) is 11.4. The SMILES string of the molecule is CCNc1ccc(C(c2ccc(N(CC)CC)cc2)c2ccc(N(CCCC(F)(F)F)CCCC(F)(F)F)cc2Cl)c2ccccc12. The van der Waals surface area contributed by atoms with Crippen LogP contribution in [0.15, 0.2) is 78.9 Å². The number of nitrogens with one attached hydrogen (secondary N) is 1. The highest BCUT2D eigenvalue weighted by atomic mass is 35.5. The largest absolute Gasteiger partial charge is 0.389 e. The van der Waals surface area contributed by atoms with Crippen molar-refractivity contribution < 1.29 is 26.3 Å². The molecule has 10 heteroatoms. The van der Waals surface area contributed by atoms with Gasteiger partial charge in [-0.15, -0.1) is 0 Å². The van der Waals surface area contributed by atoms with Crippen LogP contribution in [-0.4, -0.2) is 45.1 Å². The van der Waals surface area contributed by atoms with Crippen molar-refractivity contribution in [2.45, 2.75) is 64.7 Å². The van der Waals surface area contributed by atoms with Crippen molar-refractivity contribution in [3.63, 3.8) is 0 Å². The third kappa shape index (κ3) is 9.72. The van der Waals surface area contributed by atoms with E-state index in [0.717, 1.165) is 58.5 Å². The first-order chi connectivity index (χ1) is 22.3. The zero-order valence-corrected chi connectivity index (χ0v) is 27.7. The number of nitrogens with zero attached hydrogens (tertiary/aromatic N) is 2. The van der Waals surface area contributed by atoms with E-state index in [1.165, 1.54) is 0 Å². The summed E-state index contributed by atoms with van der Waals surface area (Å²) < 4.78 is 77.6. The fourth-order valence-electron chi connectivity index (χ4n) is 6.17. The second-order valence-corrected chi connectivity index (χ2v) is 12.0. The maximum atomic E-state index is 12.9. The molecule has 0 fully saturated rings. The van der Waals surface area contributed by atoms with Gasteiger partial charge in [0.25, 0.3) is 0 Å². The van der Waals surface area contributed by atoms with E-state index in [4.69, 9.17) is 11.6 Å². The number of fused-ring (bicyclic) bond motifs is 1. The quantitative estimate of drug-likeness (QED) is 0.0998. The summed E-state index contributed by atoms with van der Waals surface area (Å²) in [4.78, 5) is 3.83. The third-order valence-electron chi connectivity index (χ3n) is 8.43. The molecule has 4 aromatic rings. The van der Waals surface area contributed by atoms with Gasteiger partial charge in [-0.1, -0.05) is 60.1 Å². The summed E-state index contributed by atoms with van der Waals surface area (Å²) in [5.74, 6) is -0.299. The summed E-state index contributed by atoms with van der Waals surface area (Å²) in [5, 5.41) is 5.93. The summed E-state index contributed by atoms with van der Waals surface area (Å²) in [6.45, 7) is 8.66. The lowest BCUT2D eigenvalue weighted by molar-refractivity contribution is -0.135. The molecule has 0 saturated carbocycles. The number of rotatable bonds is 15. The molecule has 1 unspecified atom stereocenters. The first-order valence-electron chi connectivity index (χ1n) is 16.1. The fraction of sp³-hybridized carbons (Fsp3) is 0.405. The molecule has 0 aliphatic heterocycles. The van der Waals surface area contributed by atoms with Gasteiger partial charge in [-0.05, 0) is 86.0 Å². The second kappa shape index (κ2) is 16.0. The summed E-state index contributed by atoms with van der Waals surface area (Å²) in [5.41, 5.74) is 5.42. The average Bonchev–Trinajstić information content (AvgIpc) is 3.02. The van der Waals surface area contributed by atoms with Gasteiger partial charge in [0.15, 0.2) is 0 Å². The molecule has 0 heterocycles. The van der Waals surface area contributed by atoms with Gasteiger partial charge in [0, 0.05) is 79.0 Å². The van der Waals surface area contributed by atoms with Crippen molar-refractivity contribution in [2.24, 2.45) is 0 Å². The molecule has 0 spiro atoms. The Bertz CT molecular complexity index is 1560. The number of anilines is 3. The molecule has 0 aliphatic rings. The summed E-state index contributed by atoms with van der Waals surface area (Å²) in [6, 6.07) is 25.9. The fourth-order valence-corrected chi connectivity index (χ4v) is 6.45. The van der Waals surface area contributed by atoms with Crippen LogP contribution >= 0.6 is 11.6 Å². The van der Waals surface area contributed by atoms with E-state index in [9.17, 15) is 26.3 Å². The number of hydrogen-bond acceptors (Lipinski definition) is 3. The minimum Gasteiger partial charge on any atom is -0.385 e. The smallest absolute Gasteiger partial charge is 0.385 e. The Hall–Kier alpha value is -3.59. The summed E-state index contributed by atoms with van der Waals surface area (Å²) >= 11 is 7.03. The molecule has 47 heavy (non-hydrogen) atoms. The molecule has 0 radical (unpaired) electrons. The molecular formula is C37H42ClF6N3. The molecule has 0 amide bonds. The molecule has 1 N–H and O–H groups in total. The highest BCUT2D eigenvalue weighted by molar-refractivity contribution is 6.31. The average molecular weight is 678 g/mol. The first kappa shape index (κ1) is 36.2. The normalized spacial score (nSPS) is 12.7. The van der Waals surface area contributed by atoms with Crippen molar-refractivity contribution in [1.82, 2.24) is 0 Å². The molecule has 4 aromatic carbocycles. The Morgan fingerprint density at radius 2 is 1.21 bits per heavy atom. The second-order valence-electron chi connectivity index (χ2n) is 11.6. The summed E-state index contributed by atoms with van der Waals surface area (Å²) in [6.07, 6.45) is -11.2. The van der Waals surface area contributed by atoms with Crippen LogP contribution in [0.5, 0.6) is 0 Å². The van der Waals surface area contributed by atoms with Gasteiger partial charge in [0.05, 0.1) is 0 Å². The highest BCUT2D eigenvalue weighted by Gasteiger charge is 2.29. The lowest BCUT2D eigenvalue weighted by Crippen LogP contribution is -2.28. The molecule has 0 bridgehead atoms. The van der Waals surface area contributed by atoms with Crippen molar-refractivity contribution in [2.75, 3.05) is 47.8 Å².